The molecule has 0 bridgehead atoms. The maximum atomic E-state index is 12.4. The minimum Gasteiger partial charge on any atom is -0.495 e. The Bertz CT molecular complexity index is 740. The molecule has 1 fully saturated rings. The molecule has 25 heavy (non-hydrogen) atoms. The van der Waals surface area contributed by atoms with Gasteiger partial charge in [0.15, 0.2) is 0 Å². The van der Waals surface area contributed by atoms with Crippen molar-refractivity contribution in [2.24, 2.45) is 0 Å². The van der Waals surface area contributed by atoms with Crippen molar-refractivity contribution in [1.29, 1.82) is 0 Å². The zero-order valence-electron chi connectivity index (χ0n) is 14.8. The minimum atomic E-state index is -0.304. The summed E-state index contributed by atoms with van der Waals surface area (Å²) in [5.74, 6) is 1.11. The third-order valence-corrected chi connectivity index (χ3v) is 4.30. The highest BCUT2D eigenvalue weighted by atomic mass is 16.5. The number of methoxy groups -OCH3 is 1. The fraction of sp³-hybridized carbons (Fsp3) is 0.389. The maximum absolute atomic E-state index is 12.4. The zero-order valence-corrected chi connectivity index (χ0v) is 14.8. The van der Waals surface area contributed by atoms with Crippen LogP contribution in [0.15, 0.2) is 30.6 Å². The molecule has 2 aromatic rings. The number of rotatable bonds is 4. The third-order valence-electron chi connectivity index (χ3n) is 4.30. The molecule has 1 saturated heterocycles. The number of ether oxygens (including phenoxy) is 1. The molecular formula is C18H23N5O2. The van der Waals surface area contributed by atoms with E-state index >= 15 is 0 Å². The summed E-state index contributed by atoms with van der Waals surface area (Å²) >= 11 is 0. The van der Waals surface area contributed by atoms with Crippen molar-refractivity contribution in [1.82, 2.24) is 14.9 Å². The molecule has 1 aromatic carbocycles. The monoisotopic (exact) mass is 341 g/mol. The first-order chi connectivity index (χ1) is 12.1. The van der Waals surface area contributed by atoms with Gasteiger partial charge in [-0.1, -0.05) is 6.07 Å². The fourth-order valence-corrected chi connectivity index (χ4v) is 2.74. The highest BCUT2D eigenvalue weighted by molar-refractivity contribution is 6.03. The van der Waals surface area contributed by atoms with Gasteiger partial charge in [0.05, 0.1) is 25.2 Å². The summed E-state index contributed by atoms with van der Waals surface area (Å²) in [6.45, 7) is 5.78. The van der Waals surface area contributed by atoms with E-state index in [1.807, 2.05) is 25.1 Å². The topological polar surface area (TPSA) is 70.6 Å². The molecule has 2 heterocycles. The molecule has 3 rings (SSSR count). The summed E-state index contributed by atoms with van der Waals surface area (Å²) in [7, 11) is 3.68. The van der Waals surface area contributed by atoms with Gasteiger partial charge in [0, 0.05) is 26.2 Å². The number of nitrogens with zero attached hydrogens (tertiary/aromatic N) is 4. The van der Waals surface area contributed by atoms with E-state index in [9.17, 15) is 4.79 Å². The molecule has 7 nitrogen and oxygen atoms in total. The van der Waals surface area contributed by atoms with Crippen molar-refractivity contribution < 1.29 is 9.53 Å². The maximum Gasteiger partial charge on any atom is 0.275 e. The van der Waals surface area contributed by atoms with Gasteiger partial charge in [0.2, 0.25) is 0 Å². The summed E-state index contributed by atoms with van der Waals surface area (Å²) < 4.78 is 5.28. The Labute approximate surface area is 147 Å². The largest absolute Gasteiger partial charge is 0.495 e. The molecule has 1 amide bonds. The molecule has 1 N–H and O–H groups in total. The van der Waals surface area contributed by atoms with Crippen molar-refractivity contribution in [2.75, 3.05) is 50.6 Å². The predicted molar refractivity (Wildman–Crippen MR) is 97.4 cm³/mol. The highest BCUT2D eigenvalue weighted by Gasteiger charge is 2.17. The fourth-order valence-electron chi connectivity index (χ4n) is 2.74. The van der Waals surface area contributed by atoms with Crippen LogP contribution in [0.25, 0.3) is 0 Å². The Morgan fingerprint density at radius 2 is 1.92 bits per heavy atom. The molecule has 0 atom stereocenters. The van der Waals surface area contributed by atoms with Crippen LogP contribution in [0, 0.1) is 6.92 Å². The van der Waals surface area contributed by atoms with Crippen LogP contribution in [-0.4, -0.2) is 61.1 Å². The Morgan fingerprint density at radius 1 is 1.16 bits per heavy atom. The molecule has 0 saturated carbocycles. The SMILES string of the molecule is COc1ccc(C)cc1NC(=O)c1cnc(N2CCN(C)CC2)cn1. The van der Waals surface area contributed by atoms with Gasteiger partial charge in [0.1, 0.15) is 17.3 Å². The Kier molecular flexibility index (Phi) is 5.14. The first-order valence-electron chi connectivity index (χ1n) is 8.28. The molecule has 0 aliphatic carbocycles. The van der Waals surface area contributed by atoms with E-state index in [0.29, 0.717) is 11.4 Å². The molecular weight excluding hydrogens is 318 g/mol. The van der Waals surface area contributed by atoms with Crippen molar-refractivity contribution in [3.8, 4) is 5.75 Å². The third kappa shape index (κ3) is 4.06. The van der Waals surface area contributed by atoms with Crippen molar-refractivity contribution in [3.63, 3.8) is 0 Å². The van der Waals surface area contributed by atoms with Crippen LogP contribution < -0.4 is 15.0 Å². The second kappa shape index (κ2) is 7.48. The lowest BCUT2D eigenvalue weighted by atomic mass is 10.2. The van der Waals surface area contributed by atoms with E-state index in [1.54, 1.807) is 13.3 Å². The van der Waals surface area contributed by atoms with Gasteiger partial charge in [-0.15, -0.1) is 0 Å². The lowest BCUT2D eigenvalue weighted by Crippen LogP contribution is -2.44. The standard InChI is InChI=1S/C18H23N5O2/c1-13-4-5-16(25-3)14(10-13)21-18(24)15-11-20-17(12-19-15)23-8-6-22(2)7-9-23/h4-5,10-12H,6-9H2,1-3H3,(H,21,24). The molecule has 7 heteroatoms. The van der Waals surface area contributed by atoms with Crippen LogP contribution >= 0.6 is 0 Å². The normalized spacial score (nSPS) is 15.1. The van der Waals surface area contributed by atoms with Gasteiger partial charge in [-0.25, -0.2) is 9.97 Å². The number of piperazine rings is 1. The Balaban J connectivity index is 1.70. The summed E-state index contributed by atoms with van der Waals surface area (Å²) in [6, 6.07) is 5.62. The lowest BCUT2D eigenvalue weighted by molar-refractivity contribution is 0.102. The van der Waals surface area contributed by atoms with Gasteiger partial charge in [-0.05, 0) is 31.7 Å². The van der Waals surface area contributed by atoms with Crippen LogP contribution in [0.5, 0.6) is 5.75 Å². The van der Waals surface area contributed by atoms with Gasteiger partial charge in [-0.3, -0.25) is 4.79 Å². The van der Waals surface area contributed by atoms with Gasteiger partial charge >= 0.3 is 0 Å². The highest BCUT2D eigenvalue weighted by Crippen LogP contribution is 2.25. The summed E-state index contributed by atoms with van der Waals surface area (Å²) in [5.41, 5.74) is 1.94. The predicted octanol–water partition coefficient (Wildman–Crippen LogP) is 1.80. The van der Waals surface area contributed by atoms with Crippen molar-refractivity contribution in [3.05, 3.63) is 41.9 Å². The van der Waals surface area contributed by atoms with Crippen LogP contribution in [0.1, 0.15) is 16.1 Å². The second-order valence-corrected chi connectivity index (χ2v) is 6.21. The quantitative estimate of drug-likeness (QED) is 0.914. The van der Waals surface area contributed by atoms with Crippen LogP contribution in [0.3, 0.4) is 0 Å². The number of aromatic nitrogens is 2. The molecule has 1 aliphatic heterocycles. The average molecular weight is 341 g/mol. The molecule has 1 aliphatic rings. The number of hydrogen-bond acceptors (Lipinski definition) is 6. The van der Waals surface area contributed by atoms with Crippen molar-refractivity contribution in [2.45, 2.75) is 6.92 Å². The van der Waals surface area contributed by atoms with E-state index < -0.39 is 0 Å². The minimum absolute atomic E-state index is 0.279. The van der Waals surface area contributed by atoms with E-state index in [2.05, 4.69) is 32.1 Å². The number of hydrogen-bond donors (Lipinski definition) is 1. The number of carbonyl (C=O) groups is 1. The summed E-state index contributed by atoms with van der Waals surface area (Å²) in [5, 5.41) is 2.84. The van der Waals surface area contributed by atoms with E-state index in [0.717, 1.165) is 37.6 Å². The van der Waals surface area contributed by atoms with Crippen LogP contribution in [0.2, 0.25) is 0 Å². The molecule has 0 radical (unpaired) electrons. The van der Waals surface area contributed by atoms with E-state index in [-0.39, 0.29) is 11.6 Å². The number of anilines is 2. The van der Waals surface area contributed by atoms with E-state index in [4.69, 9.17) is 4.74 Å². The van der Waals surface area contributed by atoms with E-state index in [1.165, 1.54) is 6.20 Å². The van der Waals surface area contributed by atoms with Crippen LogP contribution in [-0.2, 0) is 0 Å². The number of likely N-dealkylation sites (N-methyl/N-ethyl adjacent to an activating group) is 1. The number of amides is 1. The lowest BCUT2D eigenvalue weighted by Gasteiger charge is -2.32. The summed E-state index contributed by atoms with van der Waals surface area (Å²) in [6.07, 6.45) is 3.18. The Morgan fingerprint density at radius 3 is 2.56 bits per heavy atom. The van der Waals surface area contributed by atoms with Crippen LogP contribution in [0.4, 0.5) is 11.5 Å². The number of benzene rings is 1. The number of carbonyl (C=O) groups excluding carboxylic acids is 1. The first kappa shape index (κ1) is 17.2. The summed E-state index contributed by atoms with van der Waals surface area (Å²) in [4.78, 5) is 25.6. The van der Waals surface area contributed by atoms with Gasteiger partial charge in [0.25, 0.3) is 5.91 Å². The second-order valence-electron chi connectivity index (χ2n) is 6.21. The van der Waals surface area contributed by atoms with Crippen molar-refractivity contribution >= 4 is 17.4 Å². The number of aryl methyl sites for hydroxylation is 1. The Hall–Kier alpha value is -2.67. The smallest absolute Gasteiger partial charge is 0.275 e. The molecule has 1 aromatic heterocycles. The molecule has 0 spiro atoms. The molecule has 0 unspecified atom stereocenters. The first-order valence-corrected chi connectivity index (χ1v) is 8.28. The van der Waals surface area contributed by atoms with Gasteiger partial charge in [-0.2, -0.15) is 0 Å². The average Bonchev–Trinajstić information content (AvgIpc) is 2.63. The molecule has 132 valence electrons. The zero-order chi connectivity index (χ0) is 17.8. The van der Waals surface area contributed by atoms with Gasteiger partial charge < -0.3 is 19.9 Å². The number of nitrogens with one attached hydrogen (secondary N) is 1.